The predicted molar refractivity (Wildman–Crippen MR) is 122 cm³/mol. The molecular formula is C25H35N3O3. The van der Waals surface area contributed by atoms with Crippen LogP contribution in [0.15, 0.2) is 24.5 Å². The van der Waals surface area contributed by atoms with Gasteiger partial charge in [-0.05, 0) is 64.5 Å². The number of rotatable bonds is 6. The minimum Gasteiger partial charge on any atom is -0.492 e. The molecule has 1 aromatic heterocycles. The van der Waals surface area contributed by atoms with Gasteiger partial charge in [-0.1, -0.05) is 12.8 Å². The Labute approximate surface area is 185 Å². The Morgan fingerprint density at radius 1 is 1.26 bits per heavy atom. The Morgan fingerprint density at radius 2 is 2.00 bits per heavy atom. The monoisotopic (exact) mass is 425 g/mol. The van der Waals surface area contributed by atoms with E-state index in [1.807, 2.05) is 17.3 Å². The van der Waals surface area contributed by atoms with Crippen LogP contribution >= 0.6 is 0 Å². The first-order valence-corrected chi connectivity index (χ1v) is 11.6. The van der Waals surface area contributed by atoms with Gasteiger partial charge >= 0.3 is 0 Å². The SMILES string of the molecule is CC(=O)N1c2ccc(-c3cnn(CC(C)(C)O)c3)c(OCC3CCCC3)c2CCC1C. The van der Waals surface area contributed by atoms with Crippen molar-refractivity contribution >= 4 is 11.6 Å². The van der Waals surface area contributed by atoms with Gasteiger partial charge in [0.25, 0.3) is 0 Å². The van der Waals surface area contributed by atoms with Crippen LogP contribution in [0.3, 0.4) is 0 Å². The van der Waals surface area contributed by atoms with Gasteiger partial charge in [-0.25, -0.2) is 0 Å². The molecule has 31 heavy (non-hydrogen) atoms. The van der Waals surface area contributed by atoms with E-state index in [-0.39, 0.29) is 11.9 Å². The summed E-state index contributed by atoms with van der Waals surface area (Å²) >= 11 is 0. The molecule has 1 saturated carbocycles. The number of carbonyl (C=O) groups excluding carboxylic acids is 1. The summed E-state index contributed by atoms with van der Waals surface area (Å²) in [6.07, 6.45) is 10.6. The molecule has 2 aliphatic rings. The lowest BCUT2D eigenvalue weighted by atomic mass is 9.92. The average Bonchev–Trinajstić information content (AvgIpc) is 3.36. The van der Waals surface area contributed by atoms with E-state index in [2.05, 4.69) is 24.2 Å². The molecule has 0 bridgehead atoms. The van der Waals surface area contributed by atoms with Gasteiger partial charge in [0.2, 0.25) is 5.91 Å². The first-order chi connectivity index (χ1) is 14.7. The Morgan fingerprint density at radius 3 is 2.68 bits per heavy atom. The van der Waals surface area contributed by atoms with Crippen LogP contribution in [0.2, 0.25) is 0 Å². The van der Waals surface area contributed by atoms with Gasteiger partial charge in [-0.3, -0.25) is 9.48 Å². The summed E-state index contributed by atoms with van der Waals surface area (Å²) in [7, 11) is 0. The summed E-state index contributed by atoms with van der Waals surface area (Å²) < 4.78 is 8.30. The maximum atomic E-state index is 12.4. The lowest BCUT2D eigenvalue weighted by Gasteiger charge is -2.36. The van der Waals surface area contributed by atoms with E-state index in [0.717, 1.165) is 47.6 Å². The fourth-order valence-corrected chi connectivity index (χ4v) is 5.04. The number of fused-ring (bicyclic) bond motifs is 1. The van der Waals surface area contributed by atoms with Crippen LogP contribution in [-0.2, 0) is 17.8 Å². The van der Waals surface area contributed by atoms with Gasteiger partial charge in [0.05, 0.1) is 30.6 Å². The standard InChI is InChI=1S/C25H35N3O3/c1-17-9-10-22-23(28(17)18(2)29)12-11-21(24(22)31-15-19-7-5-6-8-19)20-13-26-27(14-20)16-25(3,4)30/h11-14,17,19,30H,5-10,15-16H2,1-4H3. The lowest BCUT2D eigenvalue weighted by molar-refractivity contribution is -0.117. The smallest absolute Gasteiger partial charge is 0.224 e. The van der Waals surface area contributed by atoms with Crippen molar-refractivity contribution in [2.24, 2.45) is 5.92 Å². The molecule has 0 spiro atoms. The zero-order valence-electron chi connectivity index (χ0n) is 19.2. The molecule has 0 radical (unpaired) electrons. The molecule has 1 aliphatic heterocycles. The number of anilines is 1. The number of carbonyl (C=O) groups is 1. The molecule has 1 N–H and O–H groups in total. The van der Waals surface area contributed by atoms with Crippen molar-refractivity contribution in [1.82, 2.24) is 9.78 Å². The zero-order chi connectivity index (χ0) is 22.2. The van der Waals surface area contributed by atoms with Crippen molar-refractivity contribution in [1.29, 1.82) is 0 Å². The lowest BCUT2D eigenvalue weighted by Crippen LogP contribution is -2.40. The molecule has 6 heteroatoms. The minimum absolute atomic E-state index is 0.0703. The molecule has 2 aromatic rings. The zero-order valence-corrected chi connectivity index (χ0v) is 19.2. The second-order valence-corrected chi connectivity index (χ2v) is 9.92. The molecule has 1 fully saturated rings. The van der Waals surface area contributed by atoms with Crippen molar-refractivity contribution in [2.45, 2.75) is 84.4 Å². The van der Waals surface area contributed by atoms with Gasteiger partial charge in [0.1, 0.15) is 5.75 Å². The Kier molecular flexibility index (Phi) is 6.11. The van der Waals surface area contributed by atoms with Gasteiger partial charge < -0.3 is 14.7 Å². The number of ether oxygens (including phenoxy) is 1. The molecule has 1 unspecified atom stereocenters. The largest absolute Gasteiger partial charge is 0.492 e. The third-order valence-electron chi connectivity index (χ3n) is 6.52. The number of aromatic nitrogens is 2. The van der Waals surface area contributed by atoms with Crippen molar-refractivity contribution in [3.8, 4) is 16.9 Å². The van der Waals surface area contributed by atoms with Crippen LogP contribution in [-0.4, -0.2) is 39.0 Å². The number of amides is 1. The van der Waals surface area contributed by atoms with E-state index in [1.54, 1.807) is 25.5 Å². The molecule has 1 aliphatic carbocycles. The molecule has 0 saturated heterocycles. The quantitative estimate of drug-likeness (QED) is 0.736. The van der Waals surface area contributed by atoms with Crippen molar-refractivity contribution in [3.05, 3.63) is 30.1 Å². The summed E-state index contributed by atoms with van der Waals surface area (Å²) in [5, 5.41) is 14.6. The molecule has 6 nitrogen and oxygen atoms in total. The molecule has 1 aromatic carbocycles. The molecular weight excluding hydrogens is 390 g/mol. The first kappa shape index (κ1) is 21.9. The Bertz CT molecular complexity index is 938. The van der Waals surface area contributed by atoms with Gasteiger partial charge in [-0.2, -0.15) is 5.10 Å². The highest BCUT2D eigenvalue weighted by atomic mass is 16.5. The van der Waals surface area contributed by atoms with Crippen LogP contribution in [0.5, 0.6) is 5.75 Å². The fraction of sp³-hybridized carbons (Fsp3) is 0.600. The number of nitrogens with zero attached hydrogens (tertiary/aromatic N) is 3. The normalized spacial score (nSPS) is 19.5. The summed E-state index contributed by atoms with van der Waals surface area (Å²) in [5.41, 5.74) is 3.25. The summed E-state index contributed by atoms with van der Waals surface area (Å²) in [6, 6.07) is 4.30. The van der Waals surface area contributed by atoms with Gasteiger partial charge in [-0.15, -0.1) is 0 Å². The Balaban J connectivity index is 1.73. The fourth-order valence-electron chi connectivity index (χ4n) is 5.04. The molecule has 4 rings (SSSR count). The molecule has 1 atom stereocenters. The molecule has 168 valence electrons. The van der Waals surface area contributed by atoms with Crippen LogP contribution < -0.4 is 9.64 Å². The van der Waals surface area contributed by atoms with E-state index in [0.29, 0.717) is 12.5 Å². The third kappa shape index (κ3) is 4.79. The van der Waals surface area contributed by atoms with Crippen molar-refractivity contribution < 1.29 is 14.6 Å². The number of hydrogen-bond acceptors (Lipinski definition) is 4. The maximum Gasteiger partial charge on any atom is 0.224 e. The third-order valence-corrected chi connectivity index (χ3v) is 6.52. The van der Waals surface area contributed by atoms with E-state index in [4.69, 9.17) is 4.74 Å². The van der Waals surface area contributed by atoms with E-state index in [9.17, 15) is 9.90 Å². The predicted octanol–water partition coefficient (Wildman–Crippen LogP) is 4.58. The number of aliphatic hydroxyl groups is 1. The van der Waals surface area contributed by atoms with E-state index >= 15 is 0 Å². The van der Waals surface area contributed by atoms with Crippen molar-refractivity contribution in [2.75, 3.05) is 11.5 Å². The summed E-state index contributed by atoms with van der Waals surface area (Å²) in [5.74, 6) is 1.57. The Hall–Kier alpha value is -2.34. The van der Waals surface area contributed by atoms with Crippen LogP contribution in [0.25, 0.3) is 11.1 Å². The van der Waals surface area contributed by atoms with Crippen LogP contribution in [0, 0.1) is 5.92 Å². The average molecular weight is 426 g/mol. The highest BCUT2D eigenvalue weighted by molar-refractivity contribution is 5.95. The molecule has 1 amide bonds. The van der Waals surface area contributed by atoms with E-state index in [1.165, 1.54) is 25.7 Å². The number of hydrogen-bond donors (Lipinski definition) is 1. The van der Waals surface area contributed by atoms with Gasteiger partial charge in [0.15, 0.2) is 0 Å². The van der Waals surface area contributed by atoms with Gasteiger partial charge in [0, 0.05) is 35.9 Å². The second kappa shape index (κ2) is 8.65. The highest BCUT2D eigenvalue weighted by Crippen LogP contribution is 2.43. The highest BCUT2D eigenvalue weighted by Gasteiger charge is 2.30. The second-order valence-electron chi connectivity index (χ2n) is 9.92. The van der Waals surface area contributed by atoms with Crippen molar-refractivity contribution in [3.63, 3.8) is 0 Å². The summed E-state index contributed by atoms with van der Waals surface area (Å²) in [4.78, 5) is 14.3. The summed E-state index contributed by atoms with van der Waals surface area (Å²) in [6.45, 7) is 8.45. The topological polar surface area (TPSA) is 67.6 Å². The van der Waals surface area contributed by atoms with Crippen LogP contribution in [0.1, 0.15) is 65.4 Å². The minimum atomic E-state index is -0.834. The van der Waals surface area contributed by atoms with E-state index < -0.39 is 5.60 Å². The number of benzene rings is 1. The van der Waals surface area contributed by atoms with Crippen LogP contribution in [0.4, 0.5) is 5.69 Å². The first-order valence-electron chi connectivity index (χ1n) is 11.6. The maximum absolute atomic E-state index is 12.4. The molecule has 2 heterocycles.